The molecule has 0 unspecified atom stereocenters. The molecule has 30 heavy (non-hydrogen) atoms. The highest BCUT2D eigenvalue weighted by Gasteiger charge is 2.18. The average molecular weight is 385 g/mol. The van der Waals surface area contributed by atoms with E-state index in [1.54, 1.807) is 0 Å². The summed E-state index contributed by atoms with van der Waals surface area (Å²) >= 11 is 0. The molecule has 0 nitrogen and oxygen atoms in total. The first-order valence-corrected chi connectivity index (χ1v) is 10.5. The van der Waals surface area contributed by atoms with Crippen LogP contribution in [-0.2, 0) is 0 Å². The predicted molar refractivity (Wildman–Crippen MR) is 131 cm³/mol. The van der Waals surface area contributed by atoms with E-state index in [0.29, 0.717) is 0 Å². The van der Waals surface area contributed by atoms with Gasteiger partial charge in [-0.1, -0.05) is 109 Å². The van der Waals surface area contributed by atoms with Crippen molar-refractivity contribution in [3.63, 3.8) is 0 Å². The quantitative estimate of drug-likeness (QED) is 0.274. The van der Waals surface area contributed by atoms with Crippen LogP contribution in [0.5, 0.6) is 0 Å². The van der Waals surface area contributed by atoms with E-state index in [2.05, 4.69) is 123 Å². The molecule has 0 aromatic heterocycles. The number of hydrogen-bond donors (Lipinski definition) is 0. The van der Waals surface area contributed by atoms with Crippen LogP contribution in [0.1, 0.15) is 23.6 Å². The number of fused-ring (bicyclic) bond motifs is 2. The molecular formula is C30H24. The average Bonchev–Trinajstić information content (AvgIpc) is 2.80. The minimum Gasteiger partial charge on any atom is -0.0791 e. The van der Waals surface area contributed by atoms with Crippen LogP contribution in [-0.4, -0.2) is 0 Å². The Bertz CT molecular complexity index is 1330. The highest BCUT2D eigenvalue weighted by molar-refractivity contribution is 6.19. The van der Waals surface area contributed by atoms with Crippen LogP contribution in [0.15, 0.2) is 109 Å². The number of rotatable bonds is 3. The van der Waals surface area contributed by atoms with Gasteiger partial charge in [0.2, 0.25) is 0 Å². The van der Waals surface area contributed by atoms with Gasteiger partial charge >= 0.3 is 0 Å². The van der Waals surface area contributed by atoms with Gasteiger partial charge in [0.1, 0.15) is 0 Å². The molecule has 5 aromatic rings. The van der Waals surface area contributed by atoms with Crippen molar-refractivity contribution in [1.82, 2.24) is 0 Å². The lowest BCUT2D eigenvalue weighted by Gasteiger charge is -2.20. The third-order valence-electron chi connectivity index (χ3n) is 5.99. The minimum absolute atomic E-state index is 1.26. The van der Waals surface area contributed by atoms with E-state index >= 15 is 0 Å². The fourth-order valence-electron chi connectivity index (χ4n) is 4.64. The normalized spacial score (nSPS) is 11.9. The molecule has 0 amide bonds. The lowest BCUT2D eigenvalue weighted by molar-refractivity contribution is 1.42. The topological polar surface area (TPSA) is 0 Å². The number of allylic oxidation sites excluding steroid dienone is 1. The number of hydrogen-bond acceptors (Lipinski definition) is 0. The van der Waals surface area contributed by atoms with E-state index in [4.69, 9.17) is 0 Å². The van der Waals surface area contributed by atoms with Gasteiger partial charge in [0.05, 0.1) is 0 Å². The molecule has 0 atom stereocenters. The summed E-state index contributed by atoms with van der Waals surface area (Å²) in [5, 5.41) is 5.19. The summed E-state index contributed by atoms with van der Waals surface area (Å²) in [6.07, 6.45) is 2.26. The minimum atomic E-state index is 1.26. The van der Waals surface area contributed by atoms with E-state index in [-0.39, 0.29) is 0 Å². The fraction of sp³-hybridized carbons (Fsp3) is 0.0667. The van der Waals surface area contributed by atoms with Crippen molar-refractivity contribution < 1.29 is 0 Å². The van der Waals surface area contributed by atoms with Crippen molar-refractivity contribution in [3.05, 3.63) is 126 Å². The Morgan fingerprint density at radius 1 is 0.567 bits per heavy atom. The first-order valence-electron chi connectivity index (χ1n) is 10.5. The maximum absolute atomic E-state index is 2.27. The first-order chi connectivity index (χ1) is 14.8. The second kappa shape index (κ2) is 7.65. The maximum Gasteiger partial charge on any atom is -0.00236 e. The molecule has 0 aliphatic heterocycles. The smallest absolute Gasteiger partial charge is 0.00236 e. The summed E-state index contributed by atoms with van der Waals surface area (Å²) in [7, 11) is 0. The van der Waals surface area contributed by atoms with Crippen LogP contribution in [0.2, 0.25) is 0 Å². The van der Waals surface area contributed by atoms with Gasteiger partial charge in [0, 0.05) is 0 Å². The first kappa shape index (κ1) is 18.4. The molecule has 0 aliphatic rings. The van der Waals surface area contributed by atoms with E-state index < -0.39 is 0 Å². The second-order valence-corrected chi connectivity index (χ2v) is 7.72. The molecule has 5 aromatic carbocycles. The largest absolute Gasteiger partial charge is 0.0791 e. The molecule has 0 N–H and O–H groups in total. The van der Waals surface area contributed by atoms with Crippen molar-refractivity contribution in [2.24, 2.45) is 0 Å². The molecular weight excluding hydrogens is 360 g/mol. The Balaban J connectivity index is 1.97. The summed E-state index contributed by atoms with van der Waals surface area (Å²) in [4.78, 5) is 0. The van der Waals surface area contributed by atoms with Crippen molar-refractivity contribution in [2.75, 3.05) is 0 Å². The third kappa shape index (κ3) is 2.93. The van der Waals surface area contributed by atoms with Crippen molar-refractivity contribution in [3.8, 4) is 11.1 Å². The Morgan fingerprint density at radius 3 is 1.63 bits per heavy atom. The lowest BCUT2D eigenvalue weighted by Crippen LogP contribution is -1.96. The van der Waals surface area contributed by atoms with Gasteiger partial charge in [-0.2, -0.15) is 0 Å². The van der Waals surface area contributed by atoms with Crippen LogP contribution in [0.4, 0.5) is 0 Å². The molecule has 0 saturated carbocycles. The third-order valence-corrected chi connectivity index (χ3v) is 5.99. The van der Waals surface area contributed by atoms with Gasteiger partial charge in [-0.15, -0.1) is 0 Å². The molecule has 5 rings (SSSR count). The second-order valence-electron chi connectivity index (χ2n) is 7.72. The Kier molecular flexibility index (Phi) is 4.69. The number of aryl methyl sites for hydroxylation is 1. The summed E-state index contributed by atoms with van der Waals surface area (Å²) in [5.74, 6) is 0. The summed E-state index contributed by atoms with van der Waals surface area (Å²) in [6.45, 7) is 4.35. The molecule has 144 valence electrons. The van der Waals surface area contributed by atoms with Crippen LogP contribution < -0.4 is 0 Å². The van der Waals surface area contributed by atoms with Crippen molar-refractivity contribution in [1.29, 1.82) is 0 Å². The molecule has 0 fully saturated rings. The fourth-order valence-corrected chi connectivity index (χ4v) is 4.64. The zero-order valence-electron chi connectivity index (χ0n) is 17.4. The standard InChI is InChI=1S/C30H24/c1-3-23(24-16-8-7-13-21(24)2)30-27-19-11-9-17-25(27)29(22-14-5-4-6-15-22)26-18-10-12-20-28(26)30/h3-20H,1-2H3/b23-3+. The molecule has 0 heterocycles. The van der Waals surface area contributed by atoms with Gasteiger partial charge in [-0.25, -0.2) is 0 Å². The molecule has 0 saturated heterocycles. The SMILES string of the molecule is C/C=C(\c1ccccc1C)c1c2ccccc2c(-c2ccccc2)c2ccccc12. The van der Waals surface area contributed by atoms with Gasteiger partial charge in [0.25, 0.3) is 0 Å². The van der Waals surface area contributed by atoms with Gasteiger partial charge in [-0.05, 0) is 68.8 Å². The van der Waals surface area contributed by atoms with Crippen LogP contribution in [0.25, 0.3) is 38.2 Å². The highest BCUT2D eigenvalue weighted by atomic mass is 14.2. The van der Waals surface area contributed by atoms with Crippen LogP contribution in [0, 0.1) is 6.92 Å². The zero-order valence-corrected chi connectivity index (χ0v) is 17.4. The highest BCUT2D eigenvalue weighted by Crippen LogP contribution is 2.43. The lowest BCUT2D eigenvalue weighted by atomic mass is 9.83. The van der Waals surface area contributed by atoms with Crippen molar-refractivity contribution in [2.45, 2.75) is 13.8 Å². The van der Waals surface area contributed by atoms with Crippen LogP contribution in [0.3, 0.4) is 0 Å². The zero-order chi connectivity index (χ0) is 20.5. The number of benzene rings is 5. The molecule has 0 bridgehead atoms. The Labute approximate surface area is 178 Å². The molecule has 0 radical (unpaired) electrons. The maximum atomic E-state index is 2.27. The Hall–Kier alpha value is -3.64. The Morgan fingerprint density at radius 2 is 1.07 bits per heavy atom. The summed E-state index contributed by atoms with van der Waals surface area (Å²) in [6, 6.07) is 37.1. The van der Waals surface area contributed by atoms with Crippen LogP contribution >= 0.6 is 0 Å². The van der Waals surface area contributed by atoms with Gasteiger partial charge < -0.3 is 0 Å². The molecule has 0 aliphatic carbocycles. The molecule has 0 heteroatoms. The van der Waals surface area contributed by atoms with E-state index in [0.717, 1.165) is 0 Å². The van der Waals surface area contributed by atoms with Crippen molar-refractivity contribution >= 4 is 27.1 Å². The van der Waals surface area contributed by atoms with Gasteiger partial charge in [0.15, 0.2) is 0 Å². The summed E-state index contributed by atoms with van der Waals surface area (Å²) in [5.41, 5.74) is 7.77. The van der Waals surface area contributed by atoms with E-state index in [9.17, 15) is 0 Å². The van der Waals surface area contributed by atoms with Gasteiger partial charge in [-0.3, -0.25) is 0 Å². The monoisotopic (exact) mass is 384 g/mol. The summed E-state index contributed by atoms with van der Waals surface area (Å²) < 4.78 is 0. The molecule has 0 spiro atoms. The van der Waals surface area contributed by atoms with E-state index in [1.165, 1.54) is 54.9 Å². The van der Waals surface area contributed by atoms with E-state index in [1.807, 2.05) is 0 Å². The predicted octanol–water partition coefficient (Wildman–Crippen LogP) is 8.42.